The summed E-state index contributed by atoms with van der Waals surface area (Å²) in [5, 5.41) is 7.20. The molecule has 2 heterocycles. The third-order valence-electron chi connectivity index (χ3n) is 3.23. The molecule has 0 radical (unpaired) electrons. The van der Waals surface area contributed by atoms with Gasteiger partial charge in [-0.3, -0.25) is 9.48 Å². The van der Waals surface area contributed by atoms with Crippen LogP contribution in [-0.4, -0.2) is 30.7 Å². The average Bonchev–Trinajstić information content (AvgIpc) is 2.96. The van der Waals surface area contributed by atoms with Crippen LogP contribution in [0.25, 0.3) is 0 Å². The number of rotatable bonds is 5. The van der Waals surface area contributed by atoms with Crippen LogP contribution in [0.15, 0.2) is 18.5 Å². The van der Waals surface area contributed by atoms with Crippen LogP contribution in [0.3, 0.4) is 0 Å². The number of aromatic nitrogens is 4. The predicted molar refractivity (Wildman–Crippen MR) is 73.6 cm³/mol. The van der Waals surface area contributed by atoms with Crippen molar-refractivity contribution >= 4 is 17.4 Å². The van der Waals surface area contributed by atoms with E-state index in [-0.39, 0.29) is 5.78 Å². The minimum Gasteiger partial charge on any atom is -0.347 e. The number of hydrogen-bond acceptors (Lipinski definition) is 3. The van der Waals surface area contributed by atoms with Gasteiger partial charge in [0.2, 0.25) is 0 Å². The van der Waals surface area contributed by atoms with Gasteiger partial charge in [0.1, 0.15) is 0 Å². The molecule has 2 aromatic rings. The van der Waals surface area contributed by atoms with E-state index < -0.39 is 5.38 Å². The van der Waals surface area contributed by atoms with Crippen LogP contribution in [0, 0.1) is 13.8 Å². The molecule has 0 aliphatic carbocycles. The number of halogens is 1. The number of ketones is 1. The molecular weight excluding hydrogens is 264 g/mol. The van der Waals surface area contributed by atoms with Crippen molar-refractivity contribution in [3.63, 3.8) is 0 Å². The monoisotopic (exact) mass is 280 g/mol. The van der Waals surface area contributed by atoms with Gasteiger partial charge in [0.05, 0.1) is 18.1 Å². The molecule has 0 bridgehead atoms. The fraction of sp³-hybridized carbons (Fsp3) is 0.462. The summed E-state index contributed by atoms with van der Waals surface area (Å²) in [6.07, 6.45) is 3.47. The van der Waals surface area contributed by atoms with Crippen LogP contribution in [0.1, 0.15) is 28.7 Å². The molecular formula is C13H17ClN4O. The lowest BCUT2D eigenvalue weighted by atomic mass is 10.1. The quantitative estimate of drug-likeness (QED) is 0.623. The van der Waals surface area contributed by atoms with E-state index in [1.54, 1.807) is 17.8 Å². The molecule has 1 unspecified atom stereocenters. The highest BCUT2D eigenvalue weighted by atomic mass is 35.5. The van der Waals surface area contributed by atoms with Gasteiger partial charge in [-0.15, -0.1) is 16.7 Å². The van der Waals surface area contributed by atoms with Gasteiger partial charge in [-0.05, 0) is 26.8 Å². The fourth-order valence-electron chi connectivity index (χ4n) is 2.16. The molecule has 5 nitrogen and oxygen atoms in total. The van der Waals surface area contributed by atoms with Gasteiger partial charge >= 0.3 is 0 Å². The molecule has 0 N–H and O–H groups in total. The predicted octanol–water partition coefficient (Wildman–Crippen LogP) is 2.21. The van der Waals surface area contributed by atoms with E-state index in [9.17, 15) is 4.79 Å². The van der Waals surface area contributed by atoms with Gasteiger partial charge < -0.3 is 4.57 Å². The van der Waals surface area contributed by atoms with Crippen LogP contribution in [0.2, 0.25) is 0 Å². The Bertz CT molecular complexity index is 572. The molecule has 2 aromatic heterocycles. The summed E-state index contributed by atoms with van der Waals surface area (Å²) in [5.74, 6) is -0.0261. The van der Waals surface area contributed by atoms with Crippen molar-refractivity contribution in [3.8, 4) is 0 Å². The lowest BCUT2D eigenvalue weighted by molar-refractivity contribution is 0.0991. The van der Waals surface area contributed by atoms with E-state index in [1.165, 1.54) is 0 Å². The average molecular weight is 281 g/mol. The zero-order chi connectivity index (χ0) is 14.0. The number of alkyl halides is 1. The molecule has 6 heteroatoms. The molecule has 0 aliphatic heterocycles. The highest BCUT2D eigenvalue weighted by Gasteiger charge is 2.19. The number of carbonyl (C=O) groups is 1. The molecule has 19 heavy (non-hydrogen) atoms. The third-order valence-corrected chi connectivity index (χ3v) is 3.42. The molecule has 0 aliphatic rings. The Morgan fingerprint density at radius 2 is 2.16 bits per heavy atom. The summed E-state index contributed by atoms with van der Waals surface area (Å²) in [7, 11) is 0. The Morgan fingerprint density at radius 1 is 1.42 bits per heavy atom. The number of aryl methyl sites for hydroxylation is 2. The summed E-state index contributed by atoms with van der Waals surface area (Å²) >= 11 is 5.87. The molecule has 0 spiro atoms. The lowest BCUT2D eigenvalue weighted by Crippen LogP contribution is -2.14. The molecule has 0 saturated heterocycles. The van der Waals surface area contributed by atoms with Crippen molar-refractivity contribution < 1.29 is 4.79 Å². The second kappa shape index (κ2) is 5.57. The minimum atomic E-state index is -0.496. The maximum Gasteiger partial charge on any atom is 0.182 e. The Labute approximate surface area is 117 Å². The highest BCUT2D eigenvalue weighted by molar-refractivity contribution is 6.33. The van der Waals surface area contributed by atoms with E-state index in [0.29, 0.717) is 5.56 Å². The number of Topliss-reactive ketones (excluding diaryl/α,β-unsaturated/α-hetero) is 1. The van der Waals surface area contributed by atoms with E-state index in [2.05, 4.69) is 14.9 Å². The molecule has 0 saturated carbocycles. The summed E-state index contributed by atoms with van der Waals surface area (Å²) < 4.78 is 3.87. The van der Waals surface area contributed by atoms with E-state index in [0.717, 1.165) is 24.5 Å². The second-order valence-corrected chi connectivity index (χ2v) is 5.24. The third kappa shape index (κ3) is 2.87. The molecule has 1 atom stereocenters. The van der Waals surface area contributed by atoms with Crippen LogP contribution >= 0.6 is 11.6 Å². The molecule has 102 valence electrons. The van der Waals surface area contributed by atoms with Crippen molar-refractivity contribution in [2.24, 2.45) is 0 Å². The number of nitrogens with zero attached hydrogens (tertiary/aromatic N) is 4. The summed E-state index contributed by atoms with van der Waals surface area (Å²) in [5.41, 5.74) is 2.71. The van der Waals surface area contributed by atoms with Crippen molar-refractivity contribution in [2.45, 2.75) is 39.2 Å². The van der Waals surface area contributed by atoms with E-state index in [4.69, 9.17) is 11.6 Å². The topological polar surface area (TPSA) is 52.7 Å². The van der Waals surface area contributed by atoms with E-state index >= 15 is 0 Å². The molecule has 0 amide bonds. The van der Waals surface area contributed by atoms with Gasteiger partial charge in [-0.1, -0.05) is 5.21 Å². The molecule has 0 fully saturated rings. The van der Waals surface area contributed by atoms with Crippen LogP contribution in [0.4, 0.5) is 0 Å². The SMILES string of the molecule is Cc1cc(C(=O)C(C)Cl)c(C)n1CCn1ccnn1. The standard InChI is InChI=1S/C13H17ClN4O/c1-9-8-12(13(19)10(2)14)11(3)18(9)7-6-17-5-4-15-16-17/h4-5,8,10H,6-7H2,1-3H3. The number of hydrogen-bond donors (Lipinski definition) is 0. The van der Waals surface area contributed by atoms with Crippen LogP contribution in [-0.2, 0) is 13.1 Å². The van der Waals surface area contributed by atoms with Crippen molar-refractivity contribution in [1.29, 1.82) is 0 Å². The van der Waals surface area contributed by atoms with Crippen molar-refractivity contribution in [3.05, 3.63) is 35.4 Å². The minimum absolute atomic E-state index is 0.0261. The van der Waals surface area contributed by atoms with Crippen LogP contribution in [0.5, 0.6) is 0 Å². The van der Waals surface area contributed by atoms with Gasteiger partial charge in [-0.2, -0.15) is 0 Å². The summed E-state index contributed by atoms with van der Waals surface area (Å²) in [4.78, 5) is 12.0. The van der Waals surface area contributed by atoms with Crippen molar-refractivity contribution in [1.82, 2.24) is 19.6 Å². The first-order chi connectivity index (χ1) is 9.00. The summed E-state index contributed by atoms with van der Waals surface area (Å²) in [6.45, 7) is 7.11. The van der Waals surface area contributed by atoms with E-state index in [1.807, 2.05) is 26.1 Å². The fourth-order valence-corrected chi connectivity index (χ4v) is 2.28. The Balaban J connectivity index is 2.19. The summed E-state index contributed by atoms with van der Waals surface area (Å²) in [6, 6.07) is 1.90. The van der Waals surface area contributed by atoms with Crippen molar-refractivity contribution in [2.75, 3.05) is 0 Å². The van der Waals surface area contributed by atoms with Gasteiger partial charge in [0, 0.05) is 29.7 Å². The first-order valence-corrected chi connectivity index (χ1v) is 6.63. The van der Waals surface area contributed by atoms with Crippen LogP contribution < -0.4 is 0 Å². The second-order valence-electron chi connectivity index (χ2n) is 4.58. The zero-order valence-corrected chi connectivity index (χ0v) is 12.1. The maximum atomic E-state index is 12.0. The van der Waals surface area contributed by atoms with Gasteiger partial charge in [0.25, 0.3) is 0 Å². The molecule has 2 rings (SSSR count). The molecule has 0 aromatic carbocycles. The normalized spacial score (nSPS) is 12.6. The Hall–Kier alpha value is -1.62. The smallest absolute Gasteiger partial charge is 0.182 e. The lowest BCUT2D eigenvalue weighted by Gasteiger charge is -2.09. The maximum absolute atomic E-state index is 12.0. The van der Waals surface area contributed by atoms with Gasteiger partial charge in [-0.25, -0.2) is 0 Å². The Morgan fingerprint density at radius 3 is 2.74 bits per heavy atom. The zero-order valence-electron chi connectivity index (χ0n) is 11.3. The first-order valence-electron chi connectivity index (χ1n) is 6.20. The number of carbonyl (C=O) groups excluding carboxylic acids is 1. The van der Waals surface area contributed by atoms with Gasteiger partial charge in [0.15, 0.2) is 5.78 Å². The Kier molecular flexibility index (Phi) is 4.04. The first kappa shape index (κ1) is 13.8. The largest absolute Gasteiger partial charge is 0.347 e. The highest BCUT2D eigenvalue weighted by Crippen LogP contribution is 2.18.